The summed E-state index contributed by atoms with van der Waals surface area (Å²) in [6.45, 7) is 8.29. The normalized spacial score (nSPS) is 27.8. The van der Waals surface area contributed by atoms with Gasteiger partial charge in [0, 0.05) is 41.4 Å². The van der Waals surface area contributed by atoms with E-state index in [1.807, 2.05) is 19.9 Å². The number of carbonyl (C=O) groups excluding carboxylic acids is 2. The highest BCUT2D eigenvalue weighted by Crippen LogP contribution is 2.27. The first kappa shape index (κ1) is 20.9. The molecular weight excluding hydrogens is 376 g/mol. The van der Waals surface area contributed by atoms with Gasteiger partial charge in [-0.2, -0.15) is 0 Å². The number of amides is 2. The third-order valence-electron chi connectivity index (χ3n) is 5.89. The van der Waals surface area contributed by atoms with Crippen LogP contribution in [-0.2, 0) is 4.79 Å². The predicted octanol–water partition coefficient (Wildman–Crippen LogP) is 2.70. The lowest BCUT2D eigenvalue weighted by molar-refractivity contribution is -0.129. The molecule has 7 heteroatoms. The van der Waals surface area contributed by atoms with Crippen LogP contribution in [0.3, 0.4) is 0 Å². The molecule has 4 N–H and O–H groups in total. The molecule has 28 heavy (non-hydrogen) atoms. The second kappa shape index (κ2) is 9.14. The standard InChI is InChI=1S/C21H31ClN4O2/c1-12-7-13(2)25-21(28)18(12)11-24-20(27)17-8-15(22)9-19(14(17)3)26-16-5-4-6-23-10-16/h8-9,12-13,16,18,23,26H,4-7,10-11H2,1-3H3,(H,24,27)(H,25,28). The molecule has 0 spiro atoms. The summed E-state index contributed by atoms with van der Waals surface area (Å²) in [6, 6.07) is 4.09. The minimum atomic E-state index is -0.203. The van der Waals surface area contributed by atoms with Crippen LogP contribution in [0.1, 0.15) is 49.0 Å². The van der Waals surface area contributed by atoms with E-state index in [-0.39, 0.29) is 29.7 Å². The van der Waals surface area contributed by atoms with Gasteiger partial charge in [-0.15, -0.1) is 0 Å². The van der Waals surface area contributed by atoms with E-state index in [0.717, 1.165) is 43.6 Å². The number of anilines is 1. The summed E-state index contributed by atoms with van der Waals surface area (Å²) in [7, 11) is 0. The Morgan fingerprint density at radius 1 is 1.32 bits per heavy atom. The maximum absolute atomic E-state index is 12.8. The summed E-state index contributed by atoms with van der Waals surface area (Å²) < 4.78 is 0. The summed E-state index contributed by atoms with van der Waals surface area (Å²) in [4.78, 5) is 25.1. The monoisotopic (exact) mass is 406 g/mol. The summed E-state index contributed by atoms with van der Waals surface area (Å²) in [5.41, 5.74) is 2.32. The highest BCUT2D eigenvalue weighted by atomic mass is 35.5. The average molecular weight is 407 g/mol. The van der Waals surface area contributed by atoms with Crippen molar-refractivity contribution in [3.63, 3.8) is 0 Å². The van der Waals surface area contributed by atoms with Crippen molar-refractivity contribution in [3.05, 3.63) is 28.3 Å². The Kier molecular flexibility index (Phi) is 6.83. The smallest absolute Gasteiger partial charge is 0.251 e. The Morgan fingerprint density at radius 3 is 2.79 bits per heavy atom. The zero-order chi connectivity index (χ0) is 20.3. The minimum Gasteiger partial charge on any atom is -0.381 e. The van der Waals surface area contributed by atoms with Crippen LogP contribution in [0.25, 0.3) is 0 Å². The fourth-order valence-corrected chi connectivity index (χ4v) is 4.46. The molecule has 4 unspecified atom stereocenters. The molecule has 2 aliphatic rings. The molecule has 6 nitrogen and oxygen atoms in total. The average Bonchev–Trinajstić information content (AvgIpc) is 2.64. The Hall–Kier alpha value is -1.79. The van der Waals surface area contributed by atoms with E-state index in [1.54, 1.807) is 6.07 Å². The maximum atomic E-state index is 12.8. The quantitative estimate of drug-likeness (QED) is 0.606. The van der Waals surface area contributed by atoms with Crippen molar-refractivity contribution >= 4 is 29.1 Å². The molecule has 2 aliphatic heterocycles. The molecule has 0 saturated carbocycles. The van der Waals surface area contributed by atoms with Crippen LogP contribution < -0.4 is 21.3 Å². The molecule has 1 aromatic carbocycles. The van der Waals surface area contributed by atoms with Gasteiger partial charge in [-0.1, -0.05) is 18.5 Å². The SMILES string of the molecule is Cc1c(NC2CCCNC2)cc(Cl)cc1C(=O)NCC1C(=O)NC(C)CC1C. The lowest BCUT2D eigenvalue weighted by atomic mass is 9.84. The lowest BCUT2D eigenvalue weighted by Gasteiger charge is -2.32. The number of piperidine rings is 2. The Morgan fingerprint density at radius 2 is 2.11 bits per heavy atom. The first-order valence-electron chi connectivity index (χ1n) is 10.2. The molecule has 2 fully saturated rings. The fraction of sp³-hybridized carbons (Fsp3) is 0.619. The van der Waals surface area contributed by atoms with Crippen molar-refractivity contribution in [2.24, 2.45) is 11.8 Å². The van der Waals surface area contributed by atoms with Gasteiger partial charge in [0.15, 0.2) is 0 Å². The highest BCUT2D eigenvalue weighted by Gasteiger charge is 2.32. The lowest BCUT2D eigenvalue weighted by Crippen LogP contribution is -2.50. The number of benzene rings is 1. The number of carbonyl (C=O) groups is 2. The van der Waals surface area contributed by atoms with Gasteiger partial charge in [-0.3, -0.25) is 9.59 Å². The molecule has 1 aromatic rings. The third kappa shape index (κ3) is 4.97. The first-order valence-corrected chi connectivity index (χ1v) is 10.6. The Bertz CT molecular complexity index is 733. The van der Waals surface area contributed by atoms with Crippen LogP contribution in [0.5, 0.6) is 0 Å². The van der Waals surface area contributed by atoms with Crippen LogP contribution in [0.15, 0.2) is 12.1 Å². The summed E-state index contributed by atoms with van der Waals surface area (Å²) in [5.74, 6) is -0.143. The van der Waals surface area contributed by atoms with Crippen LogP contribution >= 0.6 is 11.6 Å². The number of halogens is 1. The second-order valence-electron chi connectivity index (χ2n) is 8.25. The van der Waals surface area contributed by atoms with Crippen molar-refractivity contribution in [3.8, 4) is 0 Å². The zero-order valence-corrected chi connectivity index (χ0v) is 17.7. The molecule has 154 valence electrons. The number of rotatable bonds is 5. The van der Waals surface area contributed by atoms with Gasteiger partial charge in [0.2, 0.25) is 5.91 Å². The van der Waals surface area contributed by atoms with Crippen LogP contribution in [0, 0.1) is 18.8 Å². The van der Waals surface area contributed by atoms with Gasteiger partial charge in [0.1, 0.15) is 0 Å². The van der Waals surface area contributed by atoms with Gasteiger partial charge in [0.25, 0.3) is 5.91 Å². The minimum absolute atomic E-state index is 0.0153. The first-order chi connectivity index (χ1) is 13.3. The number of hydrogen-bond acceptors (Lipinski definition) is 4. The van der Waals surface area contributed by atoms with Crippen LogP contribution in [0.2, 0.25) is 5.02 Å². The van der Waals surface area contributed by atoms with E-state index in [9.17, 15) is 9.59 Å². The van der Waals surface area contributed by atoms with Crippen molar-refractivity contribution in [2.75, 3.05) is 25.0 Å². The third-order valence-corrected chi connectivity index (χ3v) is 6.11. The Labute approximate surface area is 172 Å². The molecule has 0 aromatic heterocycles. The van der Waals surface area contributed by atoms with Crippen molar-refractivity contribution in [1.29, 1.82) is 0 Å². The molecule has 0 aliphatic carbocycles. The van der Waals surface area contributed by atoms with Gasteiger partial charge in [-0.25, -0.2) is 0 Å². The molecule has 2 heterocycles. The summed E-state index contributed by atoms with van der Waals surface area (Å²) in [6.07, 6.45) is 3.14. The molecule has 0 radical (unpaired) electrons. The van der Waals surface area contributed by atoms with Crippen LogP contribution in [0.4, 0.5) is 5.69 Å². The van der Waals surface area contributed by atoms with Crippen molar-refractivity contribution in [2.45, 2.75) is 52.1 Å². The second-order valence-corrected chi connectivity index (χ2v) is 8.69. The topological polar surface area (TPSA) is 82.3 Å². The van der Waals surface area contributed by atoms with E-state index in [0.29, 0.717) is 23.2 Å². The number of nitrogens with one attached hydrogen (secondary N) is 4. The molecule has 2 saturated heterocycles. The molecule has 2 amide bonds. The van der Waals surface area contributed by atoms with E-state index in [1.165, 1.54) is 0 Å². The van der Waals surface area contributed by atoms with E-state index >= 15 is 0 Å². The van der Waals surface area contributed by atoms with Gasteiger partial charge in [-0.05, 0) is 63.3 Å². The van der Waals surface area contributed by atoms with Crippen LogP contribution in [-0.4, -0.2) is 43.5 Å². The predicted molar refractivity (Wildman–Crippen MR) is 113 cm³/mol. The highest BCUT2D eigenvalue weighted by molar-refractivity contribution is 6.31. The maximum Gasteiger partial charge on any atom is 0.251 e. The van der Waals surface area contributed by atoms with E-state index in [4.69, 9.17) is 11.6 Å². The largest absolute Gasteiger partial charge is 0.381 e. The number of hydrogen-bond donors (Lipinski definition) is 4. The van der Waals surface area contributed by atoms with E-state index in [2.05, 4.69) is 28.2 Å². The summed E-state index contributed by atoms with van der Waals surface area (Å²) in [5, 5.41) is 13.3. The van der Waals surface area contributed by atoms with E-state index < -0.39 is 0 Å². The fourth-order valence-electron chi connectivity index (χ4n) is 4.24. The van der Waals surface area contributed by atoms with Gasteiger partial charge in [0.05, 0.1) is 5.92 Å². The zero-order valence-electron chi connectivity index (χ0n) is 16.9. The van der Waals surface area contributed by atoms with Crippen molar-refractivity contribution in [1.82, 2.24) is 16.0 Å². The van der Waals surface area contributed by atoms with Gasteiger partial charge >= 0.3 is 0 Å². The Balaban J connectivity index is 1.68. The molecule has 4 atom stereocenters. The molecule has 0 bridgehead atoms. The van der Waals surface area contributed by atoms with Crippen molar-refractivity contribution < 1.29 is 9.59 Å². The molecular formula is C21H31ClN4O2. The molecule has 3 rings (SSSR count). The summed E-state index contributed by atoms with van der Waals surface area (Å²) >= 11 is 6.30. The van der Waals surface area contributed by atoms with Gasteiger partial charge < -0.3 is 21.3 Å².